The van der Waals surface area contributed by atoms with Gasteiger partial charge in [-0.25, -0.2) is 4.68 Å². The molecule has 19 heavy (non-hydrogen) atoms. The molecule has 0 saturated carbocycles. The number of aliphatic carboxylic acids is 1. The van der Waals surface area contributed by atoms with Crippen molar-refractivity contribution in [1.29, 1.82) is 0 Å². The lowest BCUT2D eigenvalue weighted by atomic mass is 9.98. The second-order valence-corrected chi connectivity index (χ2v) is 4.62. The Balaban J connectivity index is 2.11. The maximum absolute atomic E-state index is 11.1. The number of para-hydroxylation sites is 1. The van der Waals surface area contributed by atoms with E-state index in [2.05, 4.69) is 5.10 Å². The average Bonchev–Trinajstić information content (AvgIpc) is 2.88. The molecular formula is C15H18N2O2. The third kappa shape index (κ3) is 3.44. The highest BCUT2D eigenvalue weighted by Gasteiger charge is 2.18. The molecule has 0 bridgehead atoms. The van der Waals surface area contributed by atoms with Crippen molar-refractivity contribution in [3.63, 3.8) is 0 Å². The molecule has 0 fully saturated rings. The van der Waals surface area contributed by atoms with Crippen LogP contribution in [0.4, 0.5) is 0 Å². The molecule has 0 spiro atoms. The zero-order valence-electron chi connectivity index (χ0n) is 11.0. The van der Waals surface area contributed by atoms with E-state index in [4.69, 9.17) is 5.11 Å². The van der Waals surface area contributed by atoms with E-state index in [1.54, 1.807) is 4.68 Å². The van der Waals surface area contributed by atoms with Gasteiger partial charge in [-0.2, -0.15) is 5.10 Å². The quantitative estimate of drug-likeness (QED) is 0.866. The van der Waals surface area contributed by atoms with E-state index in [1.165, 1.54) is 0 Å². The molecule has 0 saturated heterocycles. The highest BCUT2D eigenvalue weighted by molar-refractivity contribution is 5.70. The van der Waals surface area contributed by atoms with Gasteiger partial charge in [-0.3, -0.25) is 4.79 Å². The summed E-state index contributed by atoms with van der Waals surface area (Å²) in [5, 5.41) is 13.6. The summed E-state index contributed by atoms with van der Waals surface area (Å²) in [4.78, 5) is 11.1. The van der Waals surface area contributed by atoms with E-state index >= 15 is 0 Å². The van der Waals surface area contributed by atoms with Crippen molar-refractivity contribution in [2.24, 2.45) is 5.92 Å². The topological polar surface area (TPSA) is 55.1 Å². The Morgan fingerprint density at radius 3 is 2.68 bits per heavy atom. The maximum atomic E-state index is 11.1. The van der Waals surface area contributed by atoms with Gasteiger partial charge in [0, 0.05) is 12.6 Å². The van der Waals surface area contributed by atoms with E-state index in [0.717, 1.165) is 17.8 Å². The molecule has 0 amide bonds. The fourth-order valence-corrected chi connectivity index (χ4v) is 2.11. The second kappa shape index (κ2) is 6.18. The lowest BCUT2D eigenvalue weighted by Crippen LogP contribution is -2.16. The first-order valence-electron chi connectivity index (χ1n) is 6.53. The molecule has 0 aliphatic heterocycles. The van der Waals surface area contributed by atoms with Crippen molar-refractivity contribution in [2.45, 2.75) is 26.2 Å². The second-order valence-electron chi connectivity index (χ2n) is 4.62. The van der Waals surface area contributed by atoms with Crippen molar-refractivity contribution in [3.05, 3.63) is 48.3 Å². The highest BCUT2D eigenvalue weighted by atomic mass is 16.4. The van der Waals surface area contributed by atoms with Gasteiger partial charge in [-0.15, -0.1) is 0 Å². The van der Waals surface area contributed by atoms with Crippen LogP contribution in [0.3, 0.4) is 0 Å². The van der Waals surface area contributed by atoms with Gasteiger partial charge in [-0.1, -0.05) is 31.5 Å². The summed E-state index contributed by atoms with van der Waals surface area (Å²) in [7, 11) is 0. The number of nitrogens with zero attached hydrogens (tertiary/aromatic N) is 2. The summed E-state index contributed by atoms with van der Waals surface area (Å²) in [6.45, 7) is 2.00. The number of carboxylic acid groups (broad SMARTS) is 1. The first kappa shape index (κ1) is 13.3. The summed E-state index contributed by atoms with van der Waals surface area (Å²) >= 11 is 0. The molecule has 4 heteroatoms. The molecule has 100 valence electrons. The van der Waals surface area contributed by atoms with Gasteiger partial charge in [0.2, 0.25) is 0 Å². The number of benzene rings is 1. The SMILES string of the molecule is CCCC(Cc1ccn(-c2ccccc2)n1)C(=O)O. The smallest absolute Gasteiger partial charge is 0.306 e. The van der Waals surface area contributed by atoms with Crippen LogP contribution < -0.4 is 0 Å². The minimum atomic E-state index is -0.740. The number of hydrogen-bond donors (Lipinski definition) is 1. The van der Waals surface area contributed by atoms with Gasteiger partial charge in [0.25, 0.3) is 0 Å². The van der Waals surface area contributed by atoms with Gasteiger partial charge in [-0.05, 0) is 24.6 Å². The third-order valence-corrected chi connectivity index (χ3v) is 3.11. The number of carbonyl (C=O) groups is 1. The first-order valence-corrected chi connectivity index (χ1v) is 6.53. The van der Waals surface area contributed by atoms with Crippen LogP contribution in [0.15, 0.2) is 42.6 Å². The number of carboxylic acids is 1. The summed E-state index contributed by atoms with van der Waals surface area (Å²) in [5.74, 6) is -1.08. The molecule has 1 aromatic carbocycles. The molecule has 0 radical (unpaired) electrons. The summed E-state index contributed by atoms with van der Waals surface area (Å²) in [6.07, 6.45) is 3.92. The van der Waals surface area contributed by atoms with Gasteiger partial charge in [0.15, 0.2) is 0 Å². The highest BCUT2D eigenvalue weighted by Crippen LogP contribution is 2.14. The van der Waals surface area contributed by atoms with Crippen molar-refractivity contribution in [2.75, 3.05) is 0 Å². The Morgan fingerprint density at radius 2 is 2.05 bits per heavy atom. The third-order valence-electron chi connectivity index (χ3n) is 3.11. The van der Waals surface area contributed by atoms with Crippen LogP contribution in [-0.4, -0.2) is 20.9 Å². The monoisotopic (exact) mass is 258 g/mol. The fourth-order valence-electron chi connectivity index (χ4n) is 2.11. The molecule has 1 unspecified atom stereocenters. The normalized spacial score (nSPS) is 12.3. The molecule has 2 aromatic rings. The Labute approximate surface area is 112 Å². The van der Waals surface area contributed by atoms with Crippen molar-refractivity contribution < 1.29 is 9.90 Å². The van der Waals surface area contributed by atoms with Gasteiger partial charge in [0.05, 0.1) is 17.3 Å². The Hall–Kier alpha value is -2.10. The Kier molecular flexibility index (Phi) is 4.34. The van der Waals surface area contributed by atoms with E-state index in [1.807, 2.05) is 49.5 Å². The maximum Gasteiger partial charge on any atom is 0.306 e. The Bertz CT molecular complexity index is 534. The molecule has 0 aliphatic rings. The van der Waals surface area contributed by atoms with Gasteiger partial charge >= 0.3 is 5.97 Å². The van der Waals surface area contributed by atoms with Gasteiger partial charge < -0.3 is 5.11 Å². The zero-order chi connectivity index (χ0) is 13.7. The van der Waals surface area contributed by atoms with E-state index in [9.17, 15) is 4.79 Å². The van der Waals surface area contributed by atoms with Crippen LogP contribution in [-0.2, 0) is 11.2 Å². The van der Waals surface area contributed by atoms with Crippen LogP contribution in [0.25, 0.3) is 5.69 Å². The van der Waals surface area contributed by atoms with E-state index in [0.29, 0.717) is 12.8 Å². The Morgan fingerprint density at radius 1 is 1.32 bits per heavy atom. The number of hydrogen-bond acceptors (Lipinski definition) is 2. The molecular weight excluding hydrogens is 240 g/mol. The van der Waals surface area contributed by atoms with Crippen molar-refractivity contribution in [1.82, 2.24) is 9.78 Å². The van der Waals surface area contributed by atoms with Gasteiger partial charge in [0.1, 0.15) is 0 Å². The van der Waals surface area contributed by atoms with Crippen LogP contribution >= 0.6 is 0 Å². The minimum absolute atomic E-state index is 0.343. The summed E-state index contributed by atoms with van der Waals surface area (Å²) in [6, 6.07) is 11.7. The van der Waals surface area contributed by atoms with E-state index < -0.39 is 5.97 Å². The fraction of sp³-hybridized carbons (Fsp3) is 0.333. The average molecular weight is 258 g/mol. The minimum Gasteiger partial charge on any atom is -0.481 e. The molecule has 2 rings (SSSR count). The van der Waals surface area contributed by atoms with Crippen molar-refractivity contribution >= 4 is 5.97 Å². The number of rotatable bonds is 6. The van der Waals surface area contributed by atoms with Crippen molar-refractivity contribution in [3.8, 4) is 5.69 Å². The lowest BCUT2D eigenvalue weighted by Gasteiger charge is -2.08. The molecule has 0 aliphatic carbocycles. The van der Waals surface area contributed by atoms with Crippen LogP contribution in [0, 0.1) is 5.92 Å². The largest absolute Gasteiger partial charge is 0.481 e. The molecule has 1 heterocycles. The molecule has 1 atom stereocenters. The first-order chi connectivity index (χ1) is 9.20. The molecule has 1 aromatic heterocycles. The standard InChI is InChI=1S/C15H18N2O2/c1-2-6-12(15(18)19)11-13-9-10-17(16-13)14-7-4-3-5-8-14/h3-5,7-10,12H,2,6,11H2,1H3,(H,18,19). The summed E-state index contributed by atoms with van der Waals surface area (Å²) in [5.41, 5.74) is 1.81. The van der Waals surface area contributed by atoms with Crippen LogP contribution in [0.2, 0.25) is 0 Å². The molecule has 1 N–H and O–H groups in total. The predicted octanol–water partition coefficient (Wildman–Crippen LogP) is 2.92. The van der Waals surface area contributed by atoms with Crippen LogP contribution in [0.1, 0.15) is 25.5 Å². The molecule has 4 nitrogen and oxygen atoms in total. The lowest BCUT2D eigenvalue weighted by molar-refractivity contribution is -0.142. The number of aromatic nitrogens is 2. The van der Waals surface area contributed by atoms with Crippen LogP contribution in [0.5, 0.6) is 0 Å². The predicted molar refractivity (Wildman–Crippen MR) is 73.3 cm³/mol. The van der Waals surface area contributed by atoms with E-state index in [-0.39, 0.29) is 5.92 Å². The summed E-state index contributed by atoms with van der Waals surface area (Å²) < 4.78 is 1.78. The zero-order valence-corrected chi connectivity index (χ0v) is 11.0.